The molecular formula is C19H23N3O3. The summed E-state index contributed by atoms with van der Waals surface area (Å²) < 4.78 is 1.69. The average molecular weight is 341 g/mol. The Morgan fingerprint density at radius 3 is 2.40 bits per heavy atom. The molecule has 1 aliphatic heterocycles. The van der Waals surface area contributed by atoms with Crippen LogP contribution in [0.25, 0.3) is 0 Å². The first kappa shape index (κ1) is 17.2. The van der Waals surface area contributed by atoms with Gasteiger partial charge in [-0.25, -0.2) is 0 Å². The number of benzene rings is 1. The normalized spacial score (nSPS) is 20.1. The third-order valence-electron chi connectivity index (χ3n) is 5.24. The molecule has 6 nitrogen and oxygen atoms in total. The largest absolute Gasteiger partial charge is 0.481 e. The van der Waals surface area contributed by atoms with Crippen molar-refractivity contribution in [2.24, 2.45) is 13.0 Å². The molecule has 1 saturated heterocycles. The zero-order chi connectivity index (χ0) is 18.3. The Balaban J connectivity index is 1.94. The lowest BCUT2D eigenvalue weighted by molar-refractivity contribution is -0.141. The molecule has 0 radical (unpaired) electrons. The topological polar surface area (TPSA) is 75.4 Å². The molecular weight excluding hydrogens is 318 g/mol. The number of carboxylic acids is 1. The number of rotatable bonds is 3. The van der Waals surface area contributed by atoms with Crippen LogP contribution in [-0.4, -0.2) is 44.8 Å². The summed E-state index contributed by atoms with van der Waals surface area (Å²) in [5, 5.41) is 14.0. The minimum Gasteiger partial charge on any atom is -0.481 e. The summed E-state index contributed by atoms with van der Waals surface area (Å²) >= 11 is 0. The smallest absolute Gasteiger partial charge is 0.308 e. The zero-order valence-corrected chi connectivity index (χ0v) is 15.0. The van der Waals surface area contributed by atoms with E-state index >= 15 is 0 Å². The van der Waals surface area contributed by atoms with Crippen LogP contribution in [0.15, 0.2) is 24.3 Å². The first-order valence-corrected chi connectivity index (χ1v) is 8.39. The van der Waals surface area contributed by atoms with Gasteiger partial charge in [0.25, 0.3) is 5.91 Å². The van der Waals surface area contributed by atoms with E-state index in [0.717, 1.165) is 16.8 Å². The van der Waals surface area contributed by atoms with Crippen LogP contribution in [0.1, 0.15) is 38.8 Å². The van der Waals surface area contributed by atoms with Crippen molar-refractivity contribution >= 4 is 11.9 Å². The Bertz CT molecular complexity index is 840. The molecule has 132 valence electrons. The van der Waals surface area contributed by atoms with Crippen LogP contribution in [0.3, 0.4) is 0 Å². The predicted molar refractivity (Wildman–Crippen MR) is 93.6 cm³/mol. The highest BCUT2D eigenvalue weighted by molar-refractivity contribution is 5.97. The van der Waals surface area contributed by atoms with Crippen molar-refractivity contribution < 1.29 is 14.7 Å². The Kier molecular flexibility index (Phi) is 4.37. The molecule has 0 unspecified atom stereocenters. The maximum Gasteiger partial charge on any atom is 0.308 e. The monoisotopic (exact) mass is 341 g/mol. The van der Waals surface area contributed by atoms with Crippen molar-refractivity contribution in [1.29, 1.82) is 0 Å². The van der Waals surface area contributed by atoms with E-state index in [9.17, 15) is 14.7 Å². The van der Waals surface area contributed by atoms with Gasteiger partial charge in [0.2, 0.25) is 0 Å². The standard InChI is InChI=1S/C19H23N3O3/c1-11-7-5-6-8-14(11)15-9-22(10-16(15)19(24)25)18(23)17-12(2)20-21(4)13(17)3/h5-8,15-16H,9-10H2,1-4H3,(H,24,25)/t15-,16+/m1/s1. The van der Waals surface area contributed by atoms with Gasteiger partial charge in [0.1, 0.15) is 0 Å². The molecule has 0 saturated carbocycles. The molecule has 1 aromatic heterocycles. The molecule has 25 heavy (non-hydrogen) atoms. The molecule has 1 aliphatic rings. The van der Waals surface area contributed by atoms with Crippen LogP contribution in [0.4, 0.5) is 0 Å². The molecule has 0 aliphatic carbocycles. The van der Waals surface area contributed by atoms with Crippen LogP contribution >= 0.6 is 0 Å². The van der Waals surface area contributed by atoms with Gasteiger partial charge in [-0.2, -0.15) is 5.10 Å². The number of hydrogen-bond donors (Lipinski definition) is 1. The highest BCUT2D eigenvalue weighted by Crippen LogP contribution is 2.35. The van der Waals surface area contributed by atoms with E-state index in [4.69, 9.17) is 0 Å². The number of aliphatic carboxylic acids is 1. The average Bonchev–Trinajstić information content (AvgIpc) is 3.10. The number of carbonyl (C=O) groups is 2. The minimum absolute atomic E-state index is 0.134. The summed E-state index contributed by atoms with van der Waals surface area (Å²) in [5.41, 5.74) is 4.12. The number of amides is 1. The van der Waals surface area contributed by atoms with Gasteiger partial charge in [-0.1, -0.05) is 24.3 Å². The van der Waals surface area contributed by atoms with Crippen LogP contribution in [0.5, 0.6) is 0 Å². The van der Waals surface area contributed by atoms with Gasteiger partial charge in [0.05, 0.1) is 17.2 Å². The molecule has 1 N–H and O–H groups in total. The minimum atomic E-state index is -0.858. The molecule has 2 heterocycles. The summed E-state index contributed by atoms with van der Waals surface area (Å²) in [4.78, 5) is 26.5. The first-order chi connectivity index (χ1) is 11.8. The van der Waals surface area contributed by atoms with Gasteiger partial charge >= 0.3 is 5.97 Å². The number of carboxylic acid groups (broad SMARTS) is 1. The zero-order valence-electron chi connectivity index (χ0n) is 15.0. The van der Waals surface area contributed by atoms with Crippen LogP contribution in [0.2, 0.25) is 0 Å². The number of hydrogen-bond acceptors (Lipinski definition) is 3. The SMILES string of the molecule is Cc1ccccc1[C@H]1CN(C(=O)c2c(C)nn(C)c2C)C[C@@H]1C(=O)O. The first-order valence-electron chi connectivity index (χ1n) is 8.39. The molecule has 0 bridgehead atoms. The van der Waals surface area contributed by atoms with Gasteiger partial charge in [0, 0.05) is 31.7 Å². The molecule has 6 heteroatoms. The lowest BCUT2D eigenvalue weighted by Gasteiger charge is -2.18. The molecule has 1 amide bonds. The van der Waals surface area contributed by atoms with Gasteiger partial charge in [0.15, 0.2) is 0 Å². The number of carbonyl (C=O) groups excluding carboxylic acids is 1. The summed E-state index contributed by atoms with van der Waals surface area (Å²) in [5.74, 6) is -1.78. The maximum atomic E-state index is 13.0. The second-order valence-electron chi connectivity index (χ2n) is 6.79. The fourth-order valence-corrected chi connectivity index (χ4v) is 3.78. The summed E-state index contributed by atoms with van der Waals surface area (Å²) in [7, 11) is 1.80. The second-order valence-corrected chi connectivity index (χ2v) is 6.79. The highest BCUT2D eigenvalue weighted by Gasteiger charge is 2.41. The Labute approximate surface area is 147 Å². The van der Waals surface area contributed by atoms with Gasteiger partial charge in [-0.05, 0) is 31.9 Å². The molecule has 2 aromatic rings. The van der Waals surface area contributed by atoms with Crippen molar-refractivity contribution in [3.63, 3.8) is 0 Å². The summed E-state index contributed by atoms with van der Waals surface area (Å²) in [6.07, 6.45) is 0. The third-order valence-corrected chi connectivity index (χ3v) is 5.24. The Morgan fingerprint density at radius 2 is 1.84 bits per heavy atom. The van der Waals surface area contributed by atoms with Crippen LogP contribution in [-0.2, 0) is 11.8 Å². The van der Waals surface area contributed by atoms with Gasteiger partial charge in [-0.3, -0.25) is 14.3 Å². The summed E-state index contributed by atoms with van der Waals surface area (Å²) in [6.45, 7) is 6.28. The Hall–Kier alpha value is -2.63. The maximum absolute atomic E-state index is 13.0. The molecule has 3 rings (SSSR count). The van der Waals surface area contributed by atoms with E-state index in [1.165, 1.54) is 0 Å². The van der Waals surface area contributed by atoms with Crippen molar-refractivity contribution in [1.82, 2.24) is 14.7 Å². The van der Waals surface area contributed by atoms with E-state index in [1.807, 2.05) is 45.0 Å². The lowest BCUT2D eigenvalue weighted by atomic mass is 9.86. The van der Waals surface area contributed by atoms with E-state index in [1.54, 1.807) is 16.6 Å². The number of aromatic nitrogens is 2. The van der Waals surface area contributed by atoms with E-state index in [-0.39, 0.29) is 18.4 Å². The van der Waals surface area contributed by atoms with Crippen LogP contribution in [0, 0.1) is 26.7 Å². The molecule has 1 aromatic carbocycles. The lowest BCUT2D eigenvalue weighted by Crippen LogP contribution is -2.30. The molecule has 2 atom stereocenters. The predicted octanol–water partition coefficient (Wildman–Crippen LogP) is 2.29. The van der Waals surface area contributed by atoms with Gasteiger partial charge < -0.3 is 10.0 Å². The molecule has 1 fully saturated rings. The number of likely N-dealkylation sites (tertiary alicyclic amines) is 1. The fourth-order valence-electron chi connectivity index (χ4n) is 3.78. The third kappa shape index (κ3) is 2.92. The van der Waals surface area contributed by atoms with E-state index in [0.29, 0.717) is 17.8 Å². The molecule has 0 spiro atoms. The number of aryl methyl sites for hydroxylation is 3. The Morgan fingerprint density at radius 1 is 1.16 bits per heavy atom. The van der Waals surface area contributed by atoms with E-state index < -0.39 is 11.9 Å². The fraction of sp³-hybridized carbons (Fsp3) is 0.421. The number of nitrogens with zero attached hydrogens (tertiary/aromatic N) is 3. The van der Waals surface area contributed by atoms with Crippen molar-refractivity contribution in [3.8, 4) is 0 Å². The quantitative estimate of drug-likeness (QED) is 0.929. The van der Waals surface area contributed by atoms with Crippen molar-refractivity contribution in [2.45, 2.75) is 26.7 Å². The second kappa shape index (κ2) is 6.35. The van der Waals surface area contributed by atoms with E-state index in [2.05, 4.69) is 5.10 Å². The van der Waals surface area contributed by atoms with Crippen molar-refractivity contribution in [2.75, 3.05) is 13.1 Å². The van der Waals surface area contributed by atoms with Crippen molar-refractivity contribution in [3.05, 3.63) is 52.3 Å². The van der Waals surface area contributed by atoms with Crippen LogP contribution < -0.4 is 0 Å². The summed E-state index contributed by atoms with van der Waals surface area (Å²) in [6, 6.07) is 7.80. The highest BCUT2D eigenvalue weighted by atomic mass is 16.4. The van der Waals surface area contributed by atoms with Gasteiger partial charge in [-0.15, -0.1) is 0 Å².